The van der Waals surface area contributed by atoms with Crippen molar-refractivity contribution < 1.29 is 9.90 Å². The third-order valence-electron chi connectivity index (χ3n) is 1.97. The van der Waals surface area contributed by atoms with Gasteiger partial charge in [0.05, 0.1) is 5.41 Å². The number of hydrogen-bond donors (Lipinski definition) is 1. The molecule has 0 atom stereocenters. The predicted octanol–water partition coefficient (Wildman–Crippen LogP) is 2.16. The number of hydrogen-bond acceptors (Lipinski definition) is 2. The van der Waals surface area contributed by atoms with Crippen LogP contribution in [0.15, 0.2) is 24.5 Å². The maximum Gasteiger partial charge on any atom is 0.309 e. The summed E-state index contributed by atoms with van der Waals surface area (Å²) in [5, 5.41) is 8.89. The summed E-state index contributed by atoms with van der Waals surface area (Å²) < 4.78 is 0. The average Bonchev–Trinajstić information content (AvgIpc) is 2.05. The van der Waals surface area contributed by atoms with Crippen molar-refractivity contribution in [2.75, 3.05) is 0 Å². The van der Waals surface area contributed by atoms with Crippen molar-refractivity contribution in [3.63, 3.8) is 0 Å². The van der Waals surface area contributed by atoms with Crippen LogP contribution in [0.1, 0.15) is 19.4 Å². The quantitative estimate of drug-likeness (QED) is 0.841. The van der Waals surface area contributed by atoms with Gasteiger partial charge in [0.15, 0.2) is 0 Å². The van der Waals surface area contributed by atoms with Crippen LogP contribution in [0.3, 0.4) is 0 Å². The van der Waals surface area contributed by atoms with E-state index in [4.69, 9.17) is 5.11 Å². The molecule has 0 radical (unpaired) electrons. The van der Waals surface area contributed by atoms with Gasteiger partial charge in [0.25, 0.3) is 0 Å². The third kappa shape index (κ3) is 3.34. The van der Waals surface area contributed by atoms with Gasteiger partial charge in [-0.1, -0.05) is 0 Å². The van der Waals surface area contributed by atoms with Gasteiger partial charge in [-0.05, 0) is 38.0 Å². The number of aliphatic carboxylic acids is 1. The maximum atomic E-state index is 10.8. The number of carboxylic acid groups (broad SMARTS) is 1. The molecule has 0 fully saturated rings. The summed E-state index contributed by atoms with van der Waals surface area (Å²) in [5.41, 5.74) is 0.295. The Balaban J connectivity index is 0.00000169. The second-order valence-corrected chi connectivity index (χ2v) is 3.72. The molecule has 0 aliphatic heterocycles. The molecule has 1 rings (SSSR count). The van der Waals surface area contributed by atoms with E-state index in [9.17, 15) is 4.79 Å². The van der Waals surface area contributed by atoms with E-state index in [0.717, 1.165) is 5.56 Å². The van der Waals surface area contributed by atoms with Crippen LogP contribution in [0.25, 0.3) is 0 Å². The molecule has 0 saturated heterocycles. The topological polar surface area (TPSA) is 50.2 Å². The molecule has 14 heavy (non-hydrogen) atoms. The zero-order valence-electron chi connectivity index (χ0n) is 8.23. The summed E-state index contributed by atoms with van der Waals surface area (Å²) in [6, 6.07) is 3.68. The van der Waals surface area contributed by atoms with Crippen molar-refractivity contribution in [2.45, 2.75) is 20.3 Å². The number of carboxylic acids is 1. The first-order chi connectivity index (χ1) is 6.02. The monoisotopic (exact) mass is 215 g/mol. The molecule has 1 heterocycles. The minimum atomic E-state index is -0.774. The molecule has 4 heteroatoms. The minimum absolute atomic E-state index is 0. The van der Waals surface area contributed by atoms with E-state index in [1.807, 2.05) is 12.1 Å². The maximum absolute atomic E-state index is 10.8. The molecule has 1 aromatic rings. The summed E-state index contributed by atoms with van der Waals surface area (Å²) in [5.74, 6) is -0.774. The van der Waals surface area contributed by atoms with Gasteiger partial charge in [0, 0.05) is 12.4 Å². The largest absolute Gasteiger partial charge is 0.481 e. The van der Waals surface area contributed by atoms with Crippen LogP contribution in [0.5, 0.6) is 0 Å². The lowest BCUT2D eigenvalue weighted by Crippen LogP contribution is -2.26. The van der Waals surface area contributed by atoms with E-state index in [-0.39, 0.29) is 12.4 Å². The van der Waals surface area contributed by atoms with Gasteiger partial charge in [-0.25, -0.2) is 0 Å². The van der Waals surface area contributed by atoms with Gasteiger partial charge >= 0.3 is 5.97 Å². The smallest absolute Gasteiger partial charge is 0.309 e. The van der Waals surface area contributed by atoms with Gasteiger partial charge in [-0.2, -0.15) is 0 Å². The Hall–Kier alpha value is -1.09. The van der Waals surface area contributed by atoms with Crippen LogP contribution >= 0.6 is 12.4 Å². The molecule has 1 aromatic heterocycles. The number of aromatic nitrogens is 1. The number of carbonyl (C=O) groups is 1. The summed E-state index contributed by atoms with van der Waals surface area (Å²) in [6.45, 7) is 3.44. The predicted molar refractivity (Wildman–Crippen MR) is 56.6 cm³/mol. The second kappa shape index (κ2) is 4.96. The van der Waals surface area contributed by atoms with Gasteiger partial charge < -0.3 is 5.11 Å². The van der Waals surface area contributed by atoms with Gasteiger partial charge in [0.2, 0.25) is 0 Å². The Bertz CT molecular complexity index is 298. The Kier molecular flexibility index (Phi) is 4.57. The lowest BCUT2D eigenvalue weighted by atomic mass is 9.86. The average molecular weight is 216 g/mol. The number of pyridine rings is 1. The summed E-state index contributed by atoms with van der Waals surface area (Å²) >= 11 is 0. The van der Waals surface area contributed by atoms with Crippen molar-refractivity contribution in [1.29, 1.82) is 0 Å². The molecular formula is C10H14ClNO2. The van der Waals surface area contributed by atoms with Crippen LogP contribution < -0.4 is 0 Å². The van der Waals surface area contributed by atoms with Gasteiger partial charge in [-0.3, -0.25) is 9.78 Å². The highest BCUT2D eigenvalue weighted by Crippen LogP contribution is 2.21. The minimum Gasteiger partial charge on any atom is -0.481 e. The zero-order valence-corrected chi connectivity index (χ0v) is 9.04. The number of halogens is 1. The van der Waals surface area contributed by atoms with E-state index >= 15 is 0 Å². The van der Waals surface area contributed by atoms with Crippen molar-refractivity contribution >= 4 is 18.4 Å². The Labute approximate surface area is 89.6 Å². The van der Waals surface area contributed by atoms with Crippen molar-refractivity contribution in [3.05, 3.63) is 30.1 Å². The Morgan fingerprint density at radius 1 is 1.43 bits per heavy atom. The first-order valence-corrected chi connectivity index (χ1v) is 4.15. The highest BCUT2D eigenvalue weighted by atomic mass is 35.5. The second-order valence-electron chi connectivity index (χ2n) is 3.72. The molecule has 3 nitrogen and oxygen atoms in total. The normalized spacial score (nSPS) is 10.4. The van der Waals surface area contributed by atoms with Crippen LogP contribution in [0.4, 0.5) is 0 Å². The van der Waals surface area contributed by atoms with Crippen LogP contribution in [-0.4, -0.2) is 16.1 Å². The molecule has 78 valence electrons. The third-order valence-corrected chi connectivity index (χ3v) is 1.97. The Morgan fingerprint density at radius 2 is 1.93 bits per heavy atom. The van der Waals surface area contributed by atoms with E-state index in [1.165, 1.54) is 0 Å². The SMILES string of the molecule is CC(C)(Cc1ccncc1)C(=O)O.Cl. The first-order valence-electron chi connectivity index (χ1n) is 4.15. The van der Waals surface area contributed by atoms with E-state index < -0.39 is 11.4 Å². The van der Waals surface area contributed by atoms with Gasteiger partial charge in [-0.15, -0.1) is 12.4 Å². The van der Waals surface area contributed by atoms with Crippen LogP contribution in [-0.2, 0) is 11.2 Å². The lowest BCUT2D eigenvalue weighted by molar-refractivity contribution is -0.146. The molecule has 0 unspecified atom stereocenters. The molecule has 0 aromatic carbocycles. The lowest BCUT2D eigenvalue weighted by Gasteiger charge is -2.18. The summed E-state index contributed by atoms with van der Waals surface area (Å²) in [4.78, 5) is 14.7. The van der Waals surface area contributed by atoms with E-state index in [1.54, 1.807) is 26.2 Å². The molecule has 0 aliphatic carbocycles. The fourth-order valence-corrected chi connectivity index (χ4v) is 1.09. The highest BCUT2D eigenvalue weighted by molar-refractivity contribution is 5.85. The zero-order chi connectivity index (χ0) is 9.90. The molecule has 0 amide bonds. The Morgan fingerprint density at radius 3 is 2.36 bits per heavy atom. The molecule has 1 N–H and O–H groups in total. The standard InChI is InChI=1S/C10H13NO2.ClH/c1-10(2,9(12)13)7-8-3-5-11-6-4-8;/h3-6H,7H2,1-2H3,(H,12,13);1H. The fourth-order valence-electron chi connectivity index (χ4n) is 1.09. The van der Waals surface area contributed by atoms with Crippen molar-refractivity contribution in [2.24, 2.45) is 5.41 Å². The van der Waals surface area contributed by atoms with Gasteiger partial charge in [0.1, 0.15) is 0 Å². The molecular weight excluding hydrogens is 202 g/mol. The van der Waals surface area contributed by atoms with E-state index in [0.29, 0.717) is 6.42 Å². The highest BCUT2D eigenvalue weighted by Gasteiger charge is 2.26. The van der Waals surface area contributed by atoms with Crippen LogP contribution in [0.2, 0.25) is 0 Å². The molecule has 0 saturated carbocycles. The first kappa shape index (κ1) is 12.9. The fraction of sp³-hybridized carbons (Fsp3) is 0.400. The number of rotatable bonds is 3. The van der Waals surface area contributed by atoms with Crippen molar-refractivity contribution in [1.82, 2.24) is 4.98 Å². The van der Waals surface area contributed by atoms with Crippen molar-refractivity contribution in [3.8, 4) is 0 Å². The number of nitrogens with zero attached hydrogens (tertiary/aromatic N) is 1. The summed E-state index contributed by atoms with van der Waals surface area (Å²) in [7, 11) is 0. The molecule has 0 spiro atoms. The van der Waals surface area contributed by atoms with Crippen LogP contribution in [0, 0.1) is 5.41 Å². The molecule has 0 bridgehead atoms. The molecule has 0 aliphatic rings. The summed E-state index contributed by atoms with van der Waals surface area (Å²) in [6.07, 6.45) is 3.88. The van der Waals surface area contributed by atoms with E-state index in [2.05, 4.69) is 4.98 Å².